The molecule has 1 aliphatic rings. The topological polar surface area (TPSA) is 69.9 Å². The van der Waals surface area contributed by atoms with E-state index in [1.165, 1.54) is 0 Å². The predicted octanol–water partition coefficient (Wildman–Crippen LogP) is 1.09. The minimum absolute atomic E-state index is 0.236. The molecule has 2 N–H and O–H groups in total. The van der Waals surface area contributed by atoms with Gasteiger partial charge in [0.05, 0.1) is 11.6 Å². The number of oxime groups is 1. The van der Waals surface area contributed by atoms with Crippen molar-refractivity contribution in [2.24, 2.45) is 11.1 Å². The first-order valence-corrected chi connectivity index (χ1v) is 3.66. The molecule has 1 rings (SSSR count). The third kappa shape index (κ3) is 1.93. The van der Waals surface area contributed by atoms with Gasteiger partial charge in [-0.15, -0.1) is 0 Å². The number of nitrogens with zero attached hydrogens (tertiary/aromatic N) is 1. The van der Waals surface area contributed by atoms with Gasteiger partial charge < -0.3 is 10.3 Å². The van der Waals surface area contributed by atoms with Crippen molar-refractivity contribution < 1.29 is 15.1 Å². The van der Waals surface area contributed by atoms with E-state index in [1.807, 2.05) is 0 Å². The van der Waals surface area contributed by atoms with Gasteiger partial charge in [0.15, 0.2) is 0 Å². The molecule has 0 spiro atoms. The molecule has 0 heterocycles. The zero-order chi connectivity index (χ0) is 8.27. The van der Waals surface area contributed by atoms with E-state index in [0.29, 0.717) is 25.7 Å². The van der Waals surface area contributed by atoms with E-state index in [-0.39, 0.29) is 5.92 Å². The smallest absolute Gasteiger partial charge is 0.306 e. The van der Waals surface area contributed by atoms with Crippen molar-refractivity contribution in [2.75, 3.05) is 0 Å². The Labute approximate surface area is 64.5 Å². The number of rotatable bonds is 1. The van der Waals surface area contributed by atoms with Crippen molar-refractivity contribution in [3.63, 3.8) is 0 Å². The molecule has 0 bridgehead atoms. The summed E-state index contributed by atoms with van der Waals surface area (Å²) in [7, 11) is 0. The van der Waals surface area contributed by atoms with E-state index < -0.39 is 5.97 Å². The first-order valence-electron chi connectivity index (χ1n) is 3.66. The normalized spacial score (nSPS) is 24.7. The second-order valence-electron chi connectivity index (χ2n) is 2.78. The summed E-state index contributed by atoms with van der Waals surface area (Å²) < 4.78 is 0. The van der Waals surface area contributed by atoms with Gasteiger partial charge in [0.25, 0.3) is 0 Å². The summed E-state index contributed by atoms with van der Waals surface area (Å²) in [5.74, 6) is -0.970. The molecule has 0 saturated heterocycles. The number of carboxylic acids is 1. The second-order valence-corrected chi connectivity index (χ2v) is 2.78. The molecule has 62 valence electrons. The molecule has 0 radical (unpaired) electrons. The number of hydrogen-bond donors (Lipinski definition) is 2. The van der Waals surface area contributed by atoms with E-state index >= 15 is 0 Å². The first-order chi connectivity index (χ1) is 5.24. The van der Waals surface area contributed by atoms with E-state index in [9.17, 15) is 4.79 Å². The molecule has 0 aromatic carbocycles. The van der Waals surface area contributed by atoms with Crippen LogP contribution in [0.15, 0.2) is 5.16 Å². The van der Waals surface area contributed by atoms with Crippen LogP contribution in [0, 0.1) is 5.92 Å². The molecule has 4 nitrogen and oxygen atoms in total. The van der Waals surface area contributed by atoms with Crippen molar-refractivity contribution >= 4 is 11.7 Å². The van der Waals surface area contributed by atoms with Crippen LogP contribution in [-0.2, 0) is 4.79 Å². The summed E-state index contributed by atoms with van der Waals surface area (Å²) in [4.78, 5) is 10.4. The maximum atomic E-state index is 10.4. The highest BCUT2D eigenvalue weighted by Crippen LogP contribution is 2.21. The molecule has 1 saturated carbocycles. The lowest BCUT2D eigenvalue weighted by Gasteiger charge is -2.17. The maximum Gasteiger partial charge on any atom is 0.306 e. The highest BCUT2D eigenvalue weighted by molar-refractivity contribution is 5.86. The molecule has 1 fully saturated rings. The van der Waals surface area contributed by atoms with Gasteiger partial charge in [-0.25, -0.2) is 0 Å². The molecular weight excluding hydrogens is 146 g/mol. The van der Waals surface area contributed by atoms with Crippen LogP contribution in [0.25, 0.3) is 0 Å². The zero-order valence-electron chi connectivity index (χ0n) is 6.16. The fourth-order valence-corrected chi connectivity index (χ4v) is 1.30. The summed E-state index contributed by atoms with van der Waals surface area (Å²) >= 11 is 0. The number of carboxylic acid groups (broad SMARTS) is 1. The lowest BCUT2D eigenvalue weighted by atomic mass is 9.88. The Hall–Kier alpha value is -1.06. The predicted molar refractivity (Wildman–Crippen MR) is 38.8 cm³/mol. The third-order valence-corrected chi connectivity index (χ3v) is 2.05. The Balaban J connectivity index is 2.42. The monoisotopic (exact) mass is 157 g/mol. The molecule has 1 aliphatic carbocycles. The number of aliphatic carboxylic acids is 1. The van der Waals surface area contributed by atoms with Crippen molar-refractivity contribution in [2.45, 2.75) is 25.7 Å². The van der Waals surface area contributed by atoms with Gasteiger partial charge in [-0.3, -0.25) is 4.79 Å². The summed E-state index contributed by atoms with van der Waals surface area (Å²) in [6.07, 6.45) is 2.45. The van der Waals surface area contributed by atoms with Crippen molar-refractivity contribution in [3.05, 3.63) is 0 Å². The molecule has 0 atom stereocenters. The van der Waals surface area contributed by atoms with Gasteiger partial charge in [-0.05, 0) is 25.7 Å². The van der Waals surface area contributed by atoms with Crippen LogP contribution in [0.5, 0.6) is 0 Å². The van der Waals surface area contributed by atoms with E-state index in [2.05, 4.69) is 5.16 Å². The first kappa shape index (κ1) is 8.04. The average molecular weight is 157 g/mol. The summed E-state index contributed by atoms with van der Waals surface area (Å²) in [6, 6.07) is 0. The fraction of sp³-hybridized carbons (Fsp3) is 0.714. The van der Waals surface area contributed by atoms with Crippen LogP contribution in [0.4, 0.5) is 0 Å². The second kappa shape index (κ2) is 3.37. The van der Waals surface area contributed by atoms with Crippen LogP contribution >= 0.6 is 0 Å². The van der Waals surface area contributed by atoms with Gasteiger partial charge in [0.1, 0.15) is 0 Å². The van der Waals surface area contributed by atoms with Gasteiger partial charge in [0, 0.05) is 0 Å². The Morgan fingerprint density at radius 3 is 2.36 bits per heavy atom. The van der Waals surface area contributed by atoms with Crippen LogP contribution in [0.1, 0.15) is 25.7 Å². The van der Waals surface area contributed by atoms with Crippen molar-refractivity contribution in [1.29, 1.82) is 0 Å². The molecule has 11 heavy (non-hydrogen) atoms. The Morgan fingerprint density at radius 1 is 1.45 bits per heavy atom. The lowest BCUT2D eigenvalue weighted by Crippen LogP contribution is -2.21. The van der Waals surface area contributed by atoms with Crippen LogP contribution < -0.4 is 0 Å². The van der Waals surface area contributed by atoms with Crippen molar-refractivity contribution in [3.8, 4) is 0 Å². The minimum Gasteiger partial charge on any atom is -0.481 e. The molecule has 0 aliphatic heterocycles. The third-order valence-electron chi connectivity index (χ3n) is 2.05. The average Bonchev–Trinajstić information content (AvgIpc) is 2.05. The SMILES string of the molecule is O=C(O)C1CCC(=NO)CC1. The molecule has 4 heteroatoms. The van der Waals surface area contributed by atoms with E-state index in [1.54, 1.807) is 0 Å². The largest absolute Gasteiger partial charge is 0.481 e. The highest BCUT2D eigenvalue weighted by atomic mass is 16.4. The Bertz CT molecular complexity index is 178. The van der Waals surface area contributed by atoms with Crippen LogP contribution in [0.2, 0.25) is 0 Å². The standard InChI is InChI=1S/C7H11NO3/c9-7(10)5-1-3-6(8-11)4-2-5/h5,11H,1-4H2,(H,9,10). The number of carbonyl (C=O) groups is 1. The Kier molecular flexibility index (Phi) is 2.46. The summed E-state index contributed by atoms with van der Waals surface area (Å²) in [5.41, 5.74) is 0.725. The molecule has 0 aromatic heterocycles. The van der Waals surface area contributed by atoms with Crippen LogP contribution in [0.3, 0.4) is 0 Å². The minimum atomic E-state index is -0.734. The highest BCUT2D eigenvalue weighted by Gasteiger charge is 2.23. The van der Waals surface area contributed by atoms with E-state index in [0.717, 1.165) is 5.71 Å². The summed E-state index contributed by atoms with van der Waals surface area (Å²) in [5, 5.41) is 20.0. The van der Waals surface area contributed by atoms with Crippen LogP contribution in [-0.4, -0.2) is 22.0 Å². The molecule has 0 aromatic rings. The van der Waals surface area contributed by atoms with Crippen molar-refractivity contribution in [1.82, 2.24) is 0 Å². The van der Waals surface area contributed by atoms with Gasteiger partial charge in [-0.2, -0.15) is 0 Å². The summed E-state index contributed by atoms with van der Waals surface area (Å²) in [6.45, 7) is 0. The quantitative estimate of drug-likeness (QED) is 0.442. The zero-order valence-corrected chi connectivity index (χ0v) is 6.16. The number of hydrogen-bond acceptors (Lipinski definition) is 3. The van der Waals surface area contributed by atoms with Gasteiger partial charge in [-0.1, -0.05) is 5.16 Å². The van der Waals surface area contributed by atoms with Gasteiger partial charge in [0.2, 0.25) is 0 Å². The molecule has 0 amide bonds. The van der Waals surface area contributed by atoms with E-state index in [4.69, 9.17) is 10.3 Å². The Morgan fingerprint density at radius 2 is 2.00 bits per heavy atom. The maximum absolute atomic E-state index is 10.4. The van der Waals surface area contributed by atoms with Gasteiger partial charge >= 0.3 is 5.97 Å². The molecule has 0 unspecified atom stereocenters. The fourth-order valence-electron chi connectivity index (χ4n) is 1.30. The lowest BCUT2D eigenvalue weighted by molar-refractivity contribution is -0.142. The molecular formula is C7H11NO3.